The molecule has 0 spiro atoms. The third-order valence-electron chi connectivity index (χ3n) is 5.25. The molecule has 2 heterocycles. The molecule has 6 nitrogen and oxygen atoms in total. The number of hydrogen-bond donors (Lipinski definition) is 1. The second kappa shape index (κ2) is 7.31. The van der Waals surface area contributed by atoms with E-state index in [4.69, 9.17) is 4.74 Å². The van der Waals surface area contributed by atoms with E-state index in [1.54, 1.807) is 6.92 Å². The molecule has 0 radical (unpaired) electrons. The Morgan fingerprint density at radius 3 is 2.50 bits per heavy atom. The molecule has 0 aromatic carbocycles. The molecule has 0 saturated carbocycles. The van der Waals surface area contributed by atoms with Crippen molar-refractivity contribution < 1.29 is 24.2 Å². The number of Topliss-reactive ketones (excluding diaryl/α,β-unsaturated/α-hetero) is 2. The molecule has 2 fully saturated rings. The summed E-state index contributed by atoms with van der Waals surface area (Å²) in [5, 5.41) is 11.0. The summed E-state index contributed by atoms with van der Waals surface area (Å²) in [6, 6.07) is -0.581. The average molecular weight is 339 g/mol. The molecule has 0 bridgehead atoms. The van der Waals surface area contributed by atoms with Gasteiger partial charge < -0.3 is 14.7 Å². The SMILES string of the molecule is CC(=O)C1CCCCN1C(=O)C1(O)OC(C(C)C)CCC(C)C1=O. The first-order chi connectivity index (χ1) is 11.2. The Labute approximate surface area is 143 Å². The normalized spacial score (nSPS) is 35.0. The first-order valence-corrected chi connectivity index (χ1v) is 8.94. The molecule has 1 N–H and O–H groups in total. The van der Waals surface area contributed by atoms with Crippen LogP contribution in [0, 0.1) is 11.8 Å². The molecular formula is C18H29NO5. The van der Waals surface area contributed by atoms with E-state index in [0.717, 1.165) is 12.8 Å². The summed E-state index contributed by atoms with van der Waals surface area (Å²) in [6.07, 6.45) is 3.00. The van der Waals surface area contributed by atoms with Crippen LogP contribution in [0.5, 0.6) is 0 Å². The zero-order chi connectivity index (χ0) is 18.1. The molecule has 2 aliphatic heterocycles. The number of hydrogen-bond acceptors (Lipinski definition) is 5. The molecule has 0 aromatic heterocycles. The Bertz CT molecular complexity index is 518. The highest BCUT2D eigenvalue weighted by Gasteiger charge is 2.54. The number of carbonyl (C=O) groups excluding carboxylic acids is 3. The summed E-state index contributed by atoms with van der Waals surface area (Å²) in [5.41, 5.74) is 0. The Hall–Kier alpha value is -1.27. The molecule has 0 aromatic rings. The van der Waals surface area contributed by atoms with Crippen molar-refractivity contribution in [2.45, 2.75) is 77.7 Å². The Morgan fingerprint density at radius 1 is 1.25 bits per heavy atom. The Balaban J connectivity index is 2.34. The topological polar surface area (TPSA) is 83.9 Å². The molecule has 0 aliphatic carbocycles. The van der Waals surface area contributed by atoms with Crippen LogP contribution in [0.1, 0.15) is 59.8 Å². The van der Waals surface area contributed by atoms with Gasteiger partial charge in [-0.3, -0.25) is 14.4 Å². The van der Waals surface area contributed by atoms with Gasteiger partial charge in [0, 0.05) is 12.5 Å². The minimum absolute atomic E-state index is 0.0763. The predicted octanol–water partition coefficient (Wildman–Crippen LogP) is 1.69. The number of nitrogens with zero attached hydrogens (tertiary/aromatic N) is 1. The van der Waals surface area contributed by atoms with Gasteiger partial charge in [0.1, 0.15) is 0 Å². The largest absolute Gasteiger partial charge is 0.352 e. The van der Waals surface area contributed by atoms with Gasteiger partial charge in [-0.05, 0) is 44.9 Å². The number of amides is 1. The lowest BCUT2D eigenvalue weighted by Crippen LogP contribution is -2.61. The number of rotatable bonds is 3. The maximum atomic E-state index is 13.0. The highest BCUT2D eigenvalue weighted by Crippen LogP contribution is 2.33. The van der Waals surface area contributed by atoms with Crippen LogP contribution in [0.15, 0.2) is 0 Å². The van der Waals surface area contributed by atoms with E-state index < -0.39 is 29.4 Å². The maximum Gasteiger partial charge on any atom is 0.309 e. The van der Waals surface area contributed by atoms with Crippen molar-refractivity contribution in [1.29, 1.82) is 0 Å². The van der Waals surface area contributed by atoms with E-state index in [-0.39, 0.29) is 17.8 Å². The number of carbonyl (C=O) groups is 3. The molecular weight excluding hydrogens is 310 g/mol. The van der Waals surface area contributed by atoms with Crippen molar-refractivity contribution in [1.82, 2.24) is 4.90 Å². The number of ether oxygens (including phenoxy) is 1. The minimum atomic E-state index is -2.48. The van der Waals surface area contributed by atoms with Crippen LogP contribution in [0.2, 0.25) is 0 Å². The summed E-state index contributed by atoms with van der Waals surface area (Å²) in [5.74, 6) is -4.34. The van der Waals surface area contributed by atoms with E-state index in [0.29, 0.717) is 25.8 Å². The molecule has 4 atom stereocenters. The lowest BCUT2D eigenvalue weighted by atomic mass is 9.92. The predicted molar refractivity (Wildman–Crippen MR) is 88.1 cm³/mol. The summed E-state index contributed by atoms with van der Waals surface area (Å²) in [7, 11) is 0. The number of aliphatic hydroxyl groups is 1. The summed E-state index contributed by atoms with van der Waals surface area (Å²) >= 11 is 0. The van der Waals surface area contributed by atoms with Gasteiger partial charge >= 0.3 is 5.79 Å². The van der Waals surface area contributed by atoms with Crippen LogP contribution in [-0.4, -0.2) is 52.0 Å². The summed E-state index contributed by atoms with van der Waals surface area (Å²) in [6.45, 7) is 7.40. The summed E-state index contributed by atoms with van der Waals surface area (Å²) in [4.78, 5) is 39.0. The zero-order valence-electron chi connectivity index (χ0n) is 15.1. The van der Waals surface area contributed by atoms with Gasteiger partial charge in [0.05, 0.1) is 12.1 Å². The minimum Gasteiger partial charge on any atom is -0.352 e. The van der Waals surface area contributed by atoms with Crippen LogP contribution in [0.25, 0.3) is 0 Å². The highest BCUT2D eigenvalue weighted by atomic mass is 16.6. The lowest BCUT2D eigenvalue weighted by molar-refractivity contribution is -0.232. The maximum absolute atomic E-state index is 13.0. The van der Waals surface area contributed by atoms with Gasteiger partial charge in [0.15, 0.2) is 5.78 Å². The van der Waals surface area contributed by atoms with Crippen molar-refractivity contribution in [3.05, 3.63) is 0 Å². The zero-order valence-corrected chi connectivity index (χ0v) is 15.1. The average Bonchev–Trinajstić information content (AvgIpc) is 2.66. The number of ketones is 2. The molecule has 2 aliphatic rings. The first kappa shape index (κ1) is 19.1. The molecule has 2 saturated heterocycles. The van der Waals surface area contributed by atoms with Gasteiger partial charge in [0.2, 0.25) is 5.78 Å². The second-order valence-corrected chi connectivity index (χ2v) is 7.51. The van der Waals surface area contributed by atoms with Gasteiger partial charge in [-0.1, -0.05) is 20.8 Å². The Kier molecular flexibility index (Phi) is 5.81. The third kappa shape index (κ3) is 3.54. The first-order valence-electron chi connectivity index (χ1n) is 8.94. The smallest absolute Gasteiger partial charge is 0.309 e. The molecule has 2 rings (SSSR count). The van der Waals surface area contributed by atoms with Crippen molar-refractivity contribution in [3.63, 3.8) is 0 Å². The van der Waals surface area contributed by atoms with E-state index in [9.17, 15) is 19.5 Å². The van der Waals surface area contributed by atoms with Gasteiger partial charge in [0.25, 0.3) is 5.91 Å². The summed E-state index contributed by atoms with van der Waals surface area (Å²) < 4.78 is 5.69. The third-order valence-corrected chi connectivity index (χ3v) is 5.25. The Morgan fingerprint density at radius 2 is 1.92 bits per heavy atom. The quantitative estimate of drug-likeness (QED) is 0.791. The monoisotopic (exact) mass is 339 g/mol. The van der Waals surface area contributed by atoms with E-state index >= 15 is 0 Å². The molecule has 1 amide bonds. The van der Waals surface area contributed by atoms with Crippen LogP contribution >= 0.6 is 0 Å². The molecule has 6 heteroatoms. The fraction of sp³-hybridized carbons (Fsp3) is 0.833. The van der Waals surface area contributed by atoms with Gasteiger partial charge in [-0.25, -0.2) is 0 Å². The van der Waals surface area contributed by atoms with Crippen LogP contribution in [0.3, 0.4) is 0 Å². The lowest BCUT2D eigenvalue weighted by Gasteiger charge is -2.39. The standard InChI is InChI=1S/C18H29NO5/c1-11(2)15-9-8-12(3)16(21)18(23,24-15)17(22)19-10-6-5-7-14(19)13(4)20/h11-12,14-15,23H,5-10H2,1-4H3. The van der Waals surface area contributed by atoms with Gasteiger partial charge in [-0.15, -0.1) is 0 Å². The molecule has 4 unspecified atom stereocenters. The van der Waals surface area contributed by atoms with Crippen molar-refractivity contribution >= 4 is 17.5 Å². The molecule has 136 valence electrons. The highest BCUT2D eigenvalue weighted by molar-refractivity contribution is 6.09. The van der Waals surface area contributed by atoms with Crippen molar-refractivity contribution in [2.24, 2.45) is 11.8 Å². The van der Waals surface area contributed by atoms with Crippen LogP contribution in [0.4, 0.5) is 0 Å². The van der Waals surface area contributed by atoms with Gasteiger partial charge in [-0.2, -0.15) is 0 Å². The molecule has 24 heavy (non-hydrogen) atoms. The van der Waals surface area contributed by atoms with Crippen molar-refractivity contribution in [3.8, 4) is 0 Å². The second-order valence-electron chi connectivity index (χ2n) is 7.51. The van der Waals surface area contributed by atoms with E-state index in [2.05, 4.69) is 0 Å². The van der Waals surface area contributed by atoms with E-state index in [1.165, 1.54) is 11.8 Å². The van der Waals surface area contributed by atoms with Crippen molar-refractivity contribution in [2.75, 3.05) is 6.54 Å². The number of piperidine rings is 1. The fourth-order valence-electron chi connectivity index (χ4n) is 3.63. The number of likely N-dealkylation sites (tertiary alicyclic amines) is 1. The fourth-order valence-corrected chi connectivity index (χ4v) is 3.63. The van der Waals surface area contributed by atoms with Crippen LogP contribution < -0.4 is 0 Å². The van der Waals surface area contributed by atoms with Crippen LogP contribution in [-0.2, 0) is 19.1 Å². The van der Waals surface area contributed by atoms with E-state index in [1.807, 2.05) is 13.8 Å².